The molecule has 0 saturated carbocycles. The summed E-state index contributed by atoms with van der Waals surface area (Å²) in [6.07, 6.45) is 2.89. The van der Waals surface area contributed by atoms with E-state index in [1.165, 1.54) is 0 Å². The maximum atomic E-state index is 13.2. The molecule has 0 radical (unpaired) electrons. The molecule has 1 saturated heterocycles. The summed E-state index contributed by atoms with van der Waals surface area (Å²) >= 11 is 0. The minimum Gasteiger partial charge on any atom is -0.497 e. The minimum absolute atomic E-state index is 0.163. The van der Waals surface area contributed by atoms with Gasteiger partial charge in [0.25, 0.3) is 5.91 Å². The summed E-state index contributed by atoms with van der Waals surface area (Å²) in [7, 11) is 3.50. The number of amides is 1. The second-order valence-corrected chi connectivity index (χ2v) is 8.43. The largest absolute Gasteiger partial charge is 0.497 e. The first-order valence-corrected chi connectivity index (χ1v) is 11.3. The fourth-order valence-corrected chi connectivity index (χ4v) is 4.53. The van der Waals surface area contributed by atoms with Crippen LogP contribution in [0.4, 0.5) is 5.82 Å². The van der Waals surface area contributed by atoms with Crippen LogP contribution in [0.3, 0.4) is 0 Å². The molecule has 9 heteroatoms. The molecule has 0 unspecified atom stereocenters. The van der Waals surface area contributed by atoms with Gasteiger partial charge in [0.15, 0.2) is 11.5 Å². The third-order valence-electron chi connectivity index (χ3n) is 6.35. The smallest absolute Gasteiger partial charge is 0.276 e. The van der Waals surface area contributed by atoms with E-state index in [0.717, 1.165) is 54.4 Å². The zero-order valence-corrected chi connectivity index (χ0v) is 18.9. The van der Waals surface area contributed by atoms with Crippen molar-refractivity contribution in [2.45, 2.75) is 31.7 Å². The molecule has 1 atom stereocenters. The number of hydrogen-bond donors (Lipinski definition) is 2. The van der Waals surface area contributed by atoms with Crippen molar-refractivity contribution in [2.24, 2.45) is 0 Å². The van der Waals surface area contributed by atoms with Gasteiger partial charge in [-0.1, -0.05) is 17.3 Å². The molecule has 9 nitrogen and oxygen atoms in total. The van der Waals surface area contributed by atoms with Crippen LogP contribution in [0.5, 0.6) is 5.75 Å². The molecule has 1 aromatic carbocycles. The number of anilines is 1. The lowest BCUT2D eigenvalue weighted by atomic mass is 9.97. The number of fused-ring (bicyclic) bond motifs is 1. The first-order valence-electron chi connectivity index (χ1n) is 11.3. The number of nitrogens with zero attached hydrogens (tertiary/aromatic N) is 4. The fraction of sp³-hybridized carbons (Fsp3) is 0.417. The SMILES string of the molecule is CNc1nc([C@@H]2CCCNC2)nc2c1CCN(C(=O)c1cc(-c3cccc(OC)c3)on1)C2. The molecule has 1 amide bonds. The van der Waals surface area contributed by atoms with E-state index in [-0.39, 0.29) is 11.6 Å². The number of carbonyl (C=O) groups excluding carboxylic acids is 1. The monoisotopic (exact) mass is 448 g/mol. The Balaban J connectivity index is 1.37. The number of nitrogens with one attached hydrogen (secondary N) is 2. The van der Waals surface area contributed by atoms with Gasteiger partial charge in [0.2, 0.25) is 0 Å². The van der Waals surface area contributed by atoms with Gasteiger partial charge in [-0.3, -0.25) is 4.79 Å². The Kier molecular flexibility index (Phi) is 5.95. The number of aromatic nitrogens is 3. The van der Waals surface area contributed by atoms with E-state index in [1.54, 1.807) is 18.1 Å². The Labute approximate surface area is 192 Å². The lowest BCUT2D eigenvalue weighted by molar-refractivity contribution is 0.0721. The molecule has 172 valence electrons. The van der Waals surface area contributed by atoms with Crippen molar-refractivity contribution in [3.05, 3.63) is 53.1 Å². The predicted molar refractivity (Wildman–Crippen MR) is 123 cm³/mol. The zero-order valence-electron chi connectivity index (χ0n) is 18.9. The van der Waals surface area contributed by atoms with Gasteiger partial charge in [-0.05, 0) is 37.9 Å². The summed E-state index contributed by atoms with van der Waals surface area (Å²) < 4.78 is 10.7. The van der Waals surface area contributed by atoms with Crippen LogP contribution in [0.1, 0.15) is 46.3 Å². The molecule has 2 aromatic heterocycles. The topological polar surface area (TPSA) is 105 Å². The van der Waals surface area contributed by atoms with Gasteiger partial charge in [-0.25, -0.2) is 9.97 Å². The molecule has 1 fully saturated rings. The van der Waals surface area contributed by atoms with Crippen LogP contribution in [0.25, 0.3) is 11.3 Å². The molecule has 0 bridgehead atoms. The van der Waals surface area contributed by atoms with Gasteiger partial charge >= 0.3 is 0 Å². The maximum Gasteiger partial charge on any atom is 0.276 e. The predicted octanol–water partition coefficient (Wildman–Crippen LogP) is 2.85. The second kappa shape index (κ2) is 9.19. The van der Waals surface area contributed by atoms with Gasteiger partial charge in [0.1, 0.15) is 17.4 Å². The number of ether oxygens (including phenoxy) is 1. The van der Waals surface area contributed by atoms with Crippen molar-refractivity contribution < 1.29 is 14.1 Å². The quantitative estimate of drug-likeness (QED) is 0.614. The van der Waals surface area contributed by atoms with Crippen molar-refractivity contribution in [1.82, 2.24) is 25.3 Å². The molecule has 2 aliphatic rings. The zero-order chi connectivity index (χ0) is 22.8. The molecule has 0 spiro atoms. The fourth-order valence-electron chi connectivity index (χ4n) is 4.53. The molecule has 2 N–H and O–H groups in total. The molecule has 3 aromatic rings. The highest BCUT2D eigenvalue weighted by atomic mass is 16.5. The van der Waals surface area contributed by atoms with Crippen LogP contribution in [0.2, 0.25) is 0 Å². The van der Waals surface area contributed by atoms with Crippen molar-refractivity contribution >= 4 is 11.7 Å². The lowest BCUT2D eigenvalue weighted by Crippen LogP contribution is -2.38. The van der Waals surface area contributed by atoms with Crippen LogP contribution in [0, 0.1) is 0 Å². The van der Waals surface area contributed by atoms with E-state index < -0.39 is 0 Å². The van der Waals surface area contributed by atoms with E-state index >= 15 is 0 Å². The highest BCUT2D eigenvalue weighted by Crippen LogP contribution is 2.29. The molecule has 4 heterocycles. The molecular weight excluding hydrogens is 420 g/mol. The Morgan fingerprint density at radius 2 is 2.21 bits per heavy atom. The number of hydrogen-bond acceptors (Lipinski definition) is 8. The van der Waals surface area contributed by atoms with Crippen molar-refractivity contribution in [3.8, 4) is 17.1 Å². The van der Waals surface area contributed by atoms with Crippen LogP contribution in [-0.2, 0) is 13.0 Å². The van der Waals surface area contributed by atoms with Crippen LogP contribution in [0.15, 0.2) is 34.9 Å². The summed E-state index contributed by atoms with van der Waals surface area (Å²) in [6, 6.07) is 9.16. The highest BCUT2D eigenvalue weighted by Gasteiger charge is 2.29. The summed E-state index contributed by atoms with van der Waals surface area (Å²) in [5.74, 6) is 3.10. The molecule has 5 rings (SSSR count). The first-order chi connectivity index (χ1) is 16.2. The average molecular weight is 449 g/mol. The van der Waals surface area contributed by atoms with Crippen LogP contribution >= 0.6 is 0 Å². The third-order valence-corrected chi connectivity index (χ3v) is 6.35. The van der Waals surface area contributed by atoms with E-state index in [4.69, 9.17) is 19.2 Å². The van der Waals surface area contributed by atoms with Gasteiger partial charge in [-0.2, -0.15) is 0 Å². The Hall–Kier alpha value is -3.46. The average Bonchev–Trinajstić information content (AvgIpc) is 3.38. The standard InChI is InChI=1S/C24H28N6O3/c1-25-23-18-8-10-30(14-20(18)27-22(28-23)16-6-4-9-26-13-16)24(31)19-12-21(33-29-19)15-5-3-7-17(11-15)32-2/h3,5,7,11-12,16,26H,4,6,8-10,13-14H2,1-2H3,(H,25,27,28)/t16-/m1/s1. The molecule has 33 heavy (non-hydrogen) atoms. The molecular formula is C24H28N6O3. The number of benzene rings is 1. The molecule has 2 aliphatic heterocycles. The van der Waals surface area contributed by atoms with E-state index in [2.05, 4.69) is 15.8 Å². The Morgan fingerprint density at radius 1 is 1.30 bits per heavy atom. The van der Waals surface area contributed by atoms with Crippen molar-refractivity contribution in [3.63, 3.8) is 0 Å². The molecule has 0 aliphatic carbocycles. The van der Waals surface area contributed by atoms with Gasteiger partial charge in [-0.15, -0.1) is 0 Å². The van der Waals surface area contributed by atoms with E-state index in [0.29, 0.717) is 36.9 Å². The Morgan fingerprint density at radius 3 is 3.00 bits per heavy atom. The number of methoxy groups -OCH3 is 1. The second-order valence-electron chi connectivity index (χ2n) is 8.43. The third kappa shape index (κ3) is 4.28. The lowest BCUT2D eigenvalue weighted by Gasteiger charge is -2.30. The number of piperidine rings is 1. The van der Waals surface area contributed by atoms with Gasteiger partial charge < -0.3 is 24.8 Å². The van der Waals surface area contributed by atoms with Gasteiger partial charge in [0.05, 0.1) is 19.3 Å². The summed E-state index contributed by atoms with van der Waals surface area (Å²) in [5, 5.41) is 10.7. The van der Waals surface area contributed by atoms with Crippen molar-refractivity contribution in [1.29, 1.82) is 0 Å². The maximum absolute atomic E-state index is 13.2. The van der Waals surface area contributed by atoms with Crippen molar-refractivity contribution in [2.75, 3.05) is 39.1 Å². The first kappa shape index (κ1) is 21.4. The summed E-state index contributed by atoms with van der Waals surface area (Å²) in [6.45, 7) is 2.93. The Bertz CT molecular complexity index is 1150. The number of rotatable bonds is 5. The number of carbonyl (C=O) groups is 1. The van der Waals surface area contributed by atoms with E-state index in [9.17, 15) is 4.79 Å². The normalized spacial score (nSPS) is 18.0. The summed E-state index contributed by atoms with van der Waals surface area (Å²) in [5.41, 5.74) is 3.09. The summed E-state index contributed by atoms with van der Waals surface area (Å²) in [4.78, 5) is 24.7. The van der Waals surface area contributed by atoms with E-state index in [1.807, 2.05) is 31.3 Å². The minimum atomic E-state index is -0.163. The van der Waals surface area contributed by atoms with Gasteiger partial charge in [0, 0.05) is 43.2 Å². The van der Waals surface area contributed by atoms with Crippen LogP contribution in [-0.4, -0.2) is 59.7 Å². The van der Waals surface area contributed by atoms with Crippen LogP contribution < -0.4 is 15.4 Å². The highest BCUT2D eigenvalue weighted by molar-refractivity contribution is 5.93.